The normalized spacial score (nSPS) is 21.7. The number of ether oxygens (including phenoxy) is 1. The topological polar surface area (TPSA) is 63.6 Å². The highest BCUT2D eigenvalue weighted by Crippen LogP contribution is 2.29. The number of methoxy groups -OCH3 is 1. The van der Waals surface area contributed by atoms with Crippen molar-refractivity contribution in [2.45, 2.75) is 38.4 Å². The second-order valence-corrected chi connectivity index (χ2v) is 9.06. The van der Waals surface area contributed by atoms with Gasteiger partial charge in [0.25, 0.3) is 0 Å². The number of aryl methyl sites for hydroxylation is 1. The first kappa shape index (κ1) is 19.4. The zero-order valence-electron chi connectivity index (χ0n) is 15.9. The van der Waals surface area contributed by atoms with Gasteiger partial charge in [0.05, 0.1) is 6.26 Å². The molecule has 26 heavy (non-hydrogen) atoms. The molecule has 1 aromatic carbocycles. The van der Waals surface area contributed by atoms with Crippen molar-refractivity contribution in [1.82, 2.24) is 14.2 Å². The molecule has 6 nitrogen and oxygen atoms in total. The highest BCUT2D eigenvalue weighted by molar-refractivity contribution is 7.88. The molecule has 2 aromatic rings. The number of nitrogens with zero attached hydrogens (tertiary/aromatic N) is 2. The van der Waals surface area contributed by atoms with E-state index in [0.717, 1.165) is 26.1 Å². The van der Waals surface area contributed by atoms with Crippen LogP contribution in [0.1, 0.15) is 25.3 Å². The predicted octanol–water partition coefficient (Wildman–Crippen LogP) is 2.19. The molecule has 1 N–H and O–H groups in total. The van der Waals surface area contributed by atoms with E-state index in [9.17, 15) is 8.42 Å². The molecule has 1 saturated heterocycles. The lowest BCUT2D eigenvalue weighted by Gasteiger charge is -2.29. The van der Waals surface area contributed by atoms with Gasteiger partial charge in [-0.2, -0.15) is 0 Å². The molecule has 1 aliphatic heterocycles. The molecule has 1 aliphatic rings. The third-order valence-corrected chi connectivity index (χ3v) is 6.03. The molecule has 144 valence electrons. The molecular weight excluding hydrogens is 350 g/mol. The summed E-state index contributed by atoms with van der Waals surface area (Å²) in [5, 5.41) is 1.28. The minimum atomic E-state index is -3.26. The molecule has 3 rings (SSSR count). The number of para-hydroxylation sites is 1. The van der Waals surface area contributed by atoms with Crippen molar-refractivity contribution in [1.29, 1.82) is 0 Å². The smallest absolute Gasteiger partial charge is 0.209 e. The first-order valence-corrected chi connectivity index (χ1v) is 11.0. The summed E-state index contributed by atoms with van der Waals surface area (Å²) in [4.78, 5) is 2.34. The van der Waals surface area contributed by atoms with Crippen LogP contribution in [0.2, 0.25) is 0 Å². The Morgan fingerprint density at radius 3 is 2.77 bits per heavy atom. The van der Waals surface area contributed by atoms with Crippen LogP contribution in [-0.2, 0) is 27.8 Å². The van der Waals surface area contributed by atoms with Crippen molar-refractivity contribution < 1.29 is 13.2 Å². The van der Waals surface area contributed by atoms with Crippen LogP contribution in [0.4, 0.5) is 0 Å². The van der Waals surface area contributed by atoms with Crippen LogP contribution >= 0.6 is 0 Å². The van der Waals surface area contributed by atoms with Gasteiger partial charge in [0.1, 0.15) is 0 Å². The second kappa shape index (κ2) is 7.68. The summed E-state index contributed by atoms with van der Waals surface area (Å²) in [7, 11) is -1.61. The Hall–Kier alpha value is -1.41. The monoisotopic (exact) mass is 379 g/mol. The molecule has 0 aliphatic carbocycles. The minimum absolute atomic E-state index is 0.438. The molecule has 0 spiro atoms. The summed E-state index contributed by atoms with van der Waals surface area (Å²) >= 11 is 0. The first-order valence-electron chi connectivity index (χ1n) is 9.13. The summed E-state index contributed by atoms with van der Waals surface area (Å²) in [5.41, 5.74) is 2.11. The van der Waals surface area contributed by atoms with Crippen LogP contribution in [0.25, 0.3) is 10.9 Å². The first-order chi connectivity index (χ1) is 12.4. The van der Waals surface area contributed by atoms with E-state index >= 15 is 0 Å². The fourth-order valence-corrected chi connectivity index (χ4v) is 5.13. The quantitative estimate of drug-likeness (QED) is 0.764. The minimum Gasteiger partial charge on any atom is -0.385 e. The molecule has 0 saturated carbocycles. The summed E-state index contributed by atoms with van der Waals surface area (Å²) in [5.74, 6) is 0. The van der Waals surface area contributed by atoms with Gasteiger partial charge < -0.3 is 9.30 Å². The number of aromatic nitrogens is 1. The molecule has 1 atom stereocenters. The van der Waals surface area contributed by atoms with E-state index < -0.39 is 15.6 Å². The second-order valence-electron chi connectivity index (χ2n) is 7.32. The van der Waals surface area contributed by atoms with E-state index in [1.807, 2.05) is 0 Å². The maximum Gasteiger partial charge on any atom is 0.209 e. The zero-order chi connectivity index (χ0) is 18.8. The SMILES string of the molecule is CCn1cc(CN2CCC(CCOC)(NS(C)(=O)=O)C2)c2ccccc21. The molecule has 0 amide bonds. The Labute approximate surface area is 156 Å². The fraction of sp³-hybridized carbons (Fsp3) is 0.579. The average Bonchev–Trinajstić information content (AvgIpc) is 3.14. The lowest BCUT2D eigenvalue weighted by Crippen LogP contribution is -2.50. The standard InChI is InChI=1S/C19H29N3O3S/c1-4-22-14-16(17-7-5-6-8-18(17)22)13-21-11-9-19(15-21,10-12-25-2)20-26(3,23)24/h5-8,14,20H,4,9-13,15H2,1-3H3. The largest absolute Gasteiger partial charge is 0.385 e. The highest BCUT2D eigenvalue weighted by Gasteiger charge is 2.40. The van der Waals surface area contributed by atoms with Crippen LogP contribution in [0.5, 0.6) is 0 Å². The maximum atomic E-state index is 11.9. The van der Waals surface area contributed by atoms with Crippen molar-refractivity contribution in [3.63, 3.8) is 0 Å². The molecular formula is C19H29N3O3S. The fourth-order valence-electron chi connectivity index (χ4n) is 4.07. The molecule has 1 fully saturated rings. The average molecular weight is 380 g/mol. The van der Waals surface area contributed by atoms with Gasteiger partial charge in [-0.1, -0.05) is 18.2 Å². The highest BCUT2D eigenvalue weighted by atomic mass is 32.2. The molecule has 7 heteroatoms. The number of nitrogens with one attached hydrogen (secondary N) is 1. The van der Waals surface area contributed by atoms with Crippen molar-refractivity contribution in [3.8, 4) is 0 Å². The van der Waals surface area contributed by atoms with Crippen LogP contribution in [-0.4, -0.2) is 56.5 Å². The number of fused-ring (bicyclic) bond motifs is 1. The van der Waals surface area contributed by atoms with Crippen molar-refractivity contribution in [2.24, 2.45) is 0 Å². The number of rotatable bonds is 8. The van der Waals surface area contributed by atoms with Crippen LogP contribution in [0.15, 0.2) is 30.5 Å². The van der Waals surface area contributed by atoms with Gasteiger partial charge in [0.15, 0.2) is 0 Å². The van der Waals surface area contributed by atoms with Gasteiger partial charge in [0, 0.05) is 62.5 Å². The van der Waals surface area contributed by atoms with Crippen LogP contribution < -0.4 is 4.72 Å². The molecule has 0 radical (unpaired) electrons. The van der Waals surface area contributed by atoms with Crippen molar-refractivity contribution in [2.75, 3.05) is 33.1 Å². The van der Waals surface area contributed by atoms with E-state index in [1.54, 1.807) is 7.11 Å². The number of sulfonamides is 1. The lowest BCUT2D eigenvalue weighted by molar-refractivity contribution is 0.161. The van der Waals surface area contributed by atoms with E-state index in [2.05, 4.69) is 51.6 Å². The van der Waals surface area contributed by atoms with Gasteiger partial charge >= 0.3 is 0 Å². The van der Waals surface area contributed by atoms with E-state index in [4.69, 9.17) is 4.74 Å². The van der Waals surface area contributed by atoms with Gasteiger partial charge in [-0.25, -0.2) is 13.1 Å². The van der Waals surface area contributed by atoms with Crippen LogP contribution in [0.3, 0.4) is 0 Å². The Balaban J connectivity index is 1.79. The maximum absolute atomic E-state index is 11.9. The van der Waals surface area contributed by atoms with Crippen molar-refractivity contribution >= 4 is 20.9 Å². The molecule has 1 aromatic heterocycles. The lowest BCUT2D eigenvalue weighted by atomic mass is 9.96. The third-order valence-electron chi connectivity index (χ3n) is 5.23. The van der Waals surface area contributed by atoms with E-state index in [-0.39, 0.29) is 0 Å². The summed E-state index contributed by atoms with van der Waals surface area (Å²) in [6.07, 6.45) is 4.95. The molecule has 1 unspecified atom stereocenters. The number of hydrogen-bond acceptors (Lipinski definition) is 4. The zero-order valence-corrected chi connectivity index (χ0v) is 16.7. The van der Waals surface area contributed by atoms with Gasteiger partial charge in [-0.3, -0.25) is 4.90 Å². The Morgan fingerprint density at radius 2 is 2.08 bits per heavy atom. The van der Waals surface area contributed by atoms with Gasteiger partial charge in [0.2, 0.25) is 10.0 Å². The van der Waals surface area contributed by atoms with Gasteiger partial charge in [-0.15, -0.1) is 0 Å². The third kappa shape index (κ3) is 4.28. The van der Waals surface area contributed by atoms with Crippen molar-refractivity contribution in [3.05, 3.63) is 36.0 Å². The summed E-state index contributed by atoms with van der Waals surface area (Å²) < 4.78 is 34.1. The van der Waals surface area contributed by atoms with E-state index in [0.29, 0.717) is 19.6 Å². The van der Waals surface area contributed by atoms with Crippen LogP contribution in [0, 0.1) is 0 Å². The number of likely N-dealkylation sites (tertiary alicyclic amines) is 1. The Morgan fingerprint density at radius 1 is 1.31 bits per heavy atom. The number of benzene rings is 1. The summed E-state index contributed by atoms with van der Waals surface area (Å²) in [6.45, 7) is 6.04. The summed E-state index contributed by atoms with van der Waals surface area (Å²) in [6, 6.07) is 8.46. The molecule has 0 bridgehead atoms. The number of hydrogen-bond donors (Lipinski definition) is 1. The van der Waals surface area contributed by atoms with E-state index in [1.165, 1.54) is 22.7 Å². The predicted molar refractivity (Wildman–Crippen MR) is 105 cm³/mol. The Bertz CT molecular complexity index is 862. The Kier molecular flexibility index (Phi) is 5.72. The molecule has 2 heterocycles. The van der Waals surface area contributed by atoms with Gasteiger partial charge in [-0.05, 0) is 31.4 Å².